The average Bonchev–Trinajstić information content (AvgIpc) is 2.53. The molecule has 0 unspecified atom stereocenters. The van der Waals surface area contributed by atoms with E-state index < -0.39 is 0 Å². The van der Waals surface area contributed by atoms with E-state index in [-0.39, 0.29) is 18.0 Å². The van der Waals surface area contributed by atoms with E-state index in [4.69, 9.17) is 15.2 Å². The number of aromatic nitrogens is 1. The Balaban J connectivity index is 1.35. The van der Waals surface area contributed by atoms with Gasteiger partial charge >= 0.3 is 5.97 Å². The molecule has 1 fully saturated rings. The Kier molecular flexibility index (Phi) is 4.76. The molecule has 0 spiro atoms. The lowest BCUT2D eigenvalue weighted by atomic mass is 9.82. The van der Waals surface area contributed by atoms with Crippen LogP contribution < -0.4 is 10.5 Å². The van der Waals surface area contributed by atoms with Crippen molar-refractivity contribution >= 4 is 11.7 Å². The van der Waals surface area contributed by atoms with Crippen molar-refractivity contribution in [1.82, 2.24) is 4.98 Å². The van der Waals surface area contributed by atoms with Crippen molar-refractivity contribution in [2.24, 2.45) is 5.92 Å². The molecule has 5 nitrogen and oxygen atoms in total. The summed E-state index contributed by atoms with van der Waals surface area (Å²) < 4.78 is 11.0. The maximum Gasteiger partial charge on any atom is 0.309 e. The molecule has 0 aliphatic heterocycles. The molecule has 1 aromatic carbocycles. The molecule has 0 bridgehead atoms. The SMILES string of the molecule is Nc1ccc(OC2CC(C(=O)OCCc3ccccc3)C2)nc1. The molecule has 0 amide bonds. The number of hydrogen-bond acceptors (Lipinski definition) is 5. The van der Waals surface area contributed by atoms with E-state index in [0.717, 1.165) is 6.42 Å². The van der Waals surface area contributed by atoms with Crippen LogP contribution in [-0.4, -0.2) is 23.7 Å². The first-order valence-corrected chi connectivity index (χ1v) is 7.79. The minimum atomic E-state index is -0.133. The summed E-state index contributed by atoms with van der Waals surface area (Å²) in [6, 6.07) is 13.5. The fraction of sp³-hybridized carbons (Fsp3) is 0.333. The van der Waals surface area contributed by atoms with E-state index in [0.29, 0.717) is 31.0 Å². The molecule has 23 heavy (non-hydrogen) atoms. The Morgan fingerprint density at radius 1 is 1.17 bits per heavy atom. The molecule has 1 saturated carbocycles. The topological polar surface area (TPSA) is 74.4 Å². The largest absolute Gasteiger partial charge is 0.474 e. The number of anilines is 1. The number of nitrogen functional groups attached to an aromatic ring is 1. The van der Waals surface area contributed by atoms with Crippen molar-refractivity contribution in [3.05, 3.63) is 54.2 Å². The van der Waals surface area contributed by atoms with E-state index in [1.807, 2.05) is 30.3 Å². The van der Waals surface area contributed by atoms with Crippen molar-refractivity contribution < 1.29 is 14.3 Å². The van der Waals surface area contributed by atoms with Gasteiger partial charge in [-0.25, -0.2) is 4.98 Å². The third-order valence-electron chi connectivity index (χ3n) is 3.95. The zero-order valence-corrected chi connectivity index (χ0v) is 12.9. The van der Waals surface area contributed by atoms with Crippen molar-refractivity contribution in [1.29, 1.82) is 0 Å². The first-order valence-electron chi connectivity index (χ1n) is 7.79. The van der Waals surface area contributed by atoms with Crippen molar-refractivity contribution in [3.63, 3.8) is 0 Å². The van der Waals surface area contributed by atoms with Gasteiger partial charge in [-0.2, -0.15) is 0 Å². The third kappa shape index (κ3) is 4.22. The van der Waals surface area contributed by atoms with Gasteiger partial charge in [-0.15, -0.1) is 0 Å². The van der Waals surface area contributed by atoms with Gasteiger partial charge in [-0.05, 0) is 24.5 Å². The highest BCUT2D eigenvalue weighted by molar-refractivity contribution is 5.73. The smallest absolute Gasteiger partial charge is 0.309 e. The second kappa shape index (κ2) is 7.13. The predicted molar refractivity (Wildman–Crippen MR) is 86.9 cm³/mol. The summed E-state index contributed by atoms with van der Waals surface area (Å²) in [6.07, 6.45) is 3.68. The molecule has 2 aromatic rings. The van der Waals surface area contributed by atoms with E-state index in [9.17, 15) is 4.79 Å². The van der Waals surface area contributed by atoms with Crippen molar-refractivity contribution in [2.75, 3.05) is 12.3 Å². The van der Waals surface area contributed by atoms with Crippen LogP contribution in [0.15, 0.2) is 48.7 Å². The second-order valence-corrected chi connectivity index (χ2v) is 5.74. The van der Waals surface area contributed by atoms with Gasteiger partial charge in [0.05, 0.1) is 24.4 Å². The molecular weight excluding hydrogens is 292 g/mol. The number of hydrogen-bond donors (Lipinski definition) is 1. The summed E-state index contributed by atoms with van der Waals surface area (Å²) in [7, 11) is 0. The zero-order chi connectivity index (χ0) is 16.1. The number of ether oxygens (including phenoxy) is 2. The molecule has 120 valence electrons. The Hall–Kier alpha value is -2.56. The molecule has 2 N–H and O–H groups in total. The second-order valence-electron chi connectivity index (χ2n) is 5.74. The van der Waals surface area contributed by atoms with Crippen LogP contribution in [0, 0.1) is 5.92 Å². The molecule has 0 saturated heterocycles. The molecule has 1 aliphatic rings. The summed E-state index contributed by atoms with van der Waals surface area (Å²) in [5.41, 5.74) is 7.35. The van der Waals surface area contributed by atoms with Gasteiger partial charge in [-0.3, -0.25) is 4.79 Å². The lowest BCUT2D eigenvalue weighted by molar-refractivity contribution is -0.154. The van der Waals surface area contributed by atoms with Crippen LogP contribution in [0.25, 0.3) is 0 Å². The standard InChI is InChI=1S/C18H20N2O3/c19-15-6-7-17(20-12-15)23-16-10-14(11-16)18(21)22-9-8-13-4-2-1-3-5-13/h1-7,12,14,16H,8-11,19H2. The fourth-order valence-corrected chi connectivity index (χ4v) is 2.52. The Morgan fingerprint density at radius 3 is 2.65 bits per heavy atom. The number of benzene rings is 1. The van der Waals surface area contributed by atoms with Crippen molar-refractivity contribution in [3.8, 4) is 5.88 Å². The molecule has 1 heterocycles. The van der Waals surface area contributed by atoms with Gasteiger partial charge < -0.3 is 15.2 Å². The van der Waals surface area contributed by atoms with Crippen LogP contribution in [0.1, 0.15) is 18.4 Å². The highest BCUT2D eigenvalue weighted by atomic mass is 16.5. The zero-order valence-electron chi connectivity index (χ0n) is 12.9. The van der Waals surface area contributed by atoms with E-state index in [2.05, 4.69) is 4.98 Å². The molecule has 0 atom stereocenters. The Labute approximate surface area is 135 Å². The Bertz CT molecular complexity index is 637. The Morgan fingerprint density at radius 2 is 1.96 bits per heavy atom. The van der Waals surface area contributed by atoms with E-state index >= 15 is 0 Å². The quantitative estimate of drug-likeness (QED) is 0.830. The van der Waals surface area contributed by atoms with Crippen LogP contribution in [0.5, 0.6) is 5.88 Å². The van der Waals surface area contributed by atoms with Gasteiger partial charge in [0.25, 0.3) is 0 Å². The summed E-state index contributed by atoms with van der Waals surface area (Å²) in [6.45, 7) is 0.421. The molecule has 0 radical (unpaired) electrons. The number of carbonyl (C=O) groups excluding carboxylic acids is 1. The number of pyridine rings is 1. The summed E-state index contributed by atoms with van der Waals surface area (Å²) >= 11 is 0. The number of carbonyl (C=O) groups is 1. The normalized spacial score (nSPS) is 19.7. The van der Waals surface area contributed by atoms with Gasteiger partial charge in [-0.1, -0.05) is 30.3 Å². The fourth-order valence-electron chi connectivity index (χ4n) is 2.52. The van der Waals surface area contributed by atoms with Gasteiger partial charge in [0.1, 0.15) is 6.10 Å². The lowest BCUT2D eigenvalue weighted by Gasteiger charge is -2.33. The first-order chi connectivity index (χ1) is 11.2. The summed E-state index contributed by atoms with van der Waals surface area (Å²) in [5.74, 6) is 0.343. The molecule has 5 heteroatoms. The third-order valence-corrected chi connectivity index (χ3v) is 3.95. The maximum absolute atomic E-state index is 11.9. The maximum atomic E-state index is 11.9. The first kappa shape index (κ1) is 15.3. The van der Waals surface area contributed by atoms with E-state index in [1.54, 1.807) is 18.3 Å². The van der Waals surface area contributed by atoms with Crippen LogP contribution >= 0.6 is 0 Å². The molecular formula is C18H20N2O3. The number of rotatable bonds is 6. The monoisotopic (exact) mass is 312 g/mol. The minimum absolute atomic E-state index is 0.0257. The molecule has 3 rings (SSSR count). The summed E-state index contributed by atoms with van der Waals surface area (Å²) in [5, 5.41) is 0. The predicted octanol–water partition coefficient (Wildman–Crippen LogP) is 2.61. The number of nitrogens with zero attached hydrogens (tertiary/aromatic N) is 1. The number of nitrogens with two attached hydrogens (primary N) is 1. The van der Waals surface area contributed by atoms with Gasteiger partial charge in [0.2, 0.25) is 5.88 Å². The average molecular weight is 312 g/mol. The van der Waals surface area contributed by atoms with Crippen LogP contribution in [-0.2, 0) is 16.0 Å². The highest BCUT2D eigenvalue weighted by Crippen LogP contribution is 2.31. The van der Waals surface area contributed by atoms with Gasteiger partial charge in [0, 0.05) is 12.5 Å². The van der Waals surface area contributed by atoms with Crippen molar-refractivity contribution in [2.45, 2.75) is 25.4 Å². The molecule has 1 aromatic heterocycles. The number of esters is 1. The van der Waals surface area contributed by atoms with Crippen LogP contribution in [0.3, 0.4) is 0 Å². The minimum Gasteiger partial charge on any atom is -0.474 e. The van der Waals surface area contributed by atoms with Crippen LogP contribution in [0.2, 0.25) is 0 Å². The highest BCUT2D eigenvalue weighted by Gasteiger charge is 2.37. The summed E-state index contributed by atoms with van der Waals surface area (Å²) in [4.78, 5) is 16.0. The van der Waals surface area contributed by atoms with E-state index in [1.165, 1.54) is 5.56 Å². The van der Waals surface area contributed by atoms with Crippen LogP contribution in [0.4, 0.5) is 5.69 Å². The lowest BCUT2D eigenvalue weighted by Crippen LogP contribution is -2.39. The molecule has 1 aliphatic carbocycles. The van der Waals surface area contributed by atoms with Gasteiger partial charge in [0.15, 0.2) is 0 Å².